The Morgan fingerprint density at radius 2 is 2.07 bits per heavy atom. The Balaban J connectivity index is 2.46. The van der Waals surface area contributed by atoms with Crippen molar-refractivity contribution in [1.82, 2.24) is 5.32 Å². The lowest BCUT2D eigenvalue weighted by Gasteiger charge is -2.02. The van der Waals surface area contributed by atoms with E-state index in [1.54, 1.807) is 6.92 Å². The lowest BCUT2D eigenvalue weighted by Crippen LogP contribution is -2.24. The summed E-state index contributed by atoms with van der Waals surface area (Å²) in [6, 6.07) is 5.44. The number of hydrogen-bond acceptors (Lipinski definition) is 1. The van der Waals surface area contributed by atoms with Gasteiger partial charge in [-0.15, -0.1) is 11.8 Å². The average molecular weight is 205 g/mol. The van der Waals surface area contributed by atoms with Crippen molar-refractivity contribution in [3.8, 4) is 11.8 Å². The van der Waals surface area contributed by atoms with Gasteiger partial charge in [0.25, 0.3) is 5.91 Å². The molecular weight excluding hydrogens is 193 g/mol. The summed E-state index contributed by atoms with van der Waals surface area (Å²) in [5, 5.41) is 2.69. The van der Waals surface area contributed by atoms with Crippen molar-refractivity contribution in [2.75, 3.05) is 6.54 Å². The standard InChI is InChI=1S/C12H12FNO/c1-2-3-4-9-14-12(15)10-5-7-11(13)8-6-10/h5-8H,4,9H2,1H3,(H,14,15). The number of rotatable bonds is 3. The van der Waals surface area contributed by atoms with Crippen molar-refractivity contribution in [3.05, 3.63) is 35.6 Å². The van der Waals surface area contributed by atoms with Gasteiger partial charge in [-0.25, -0.2) is 4.39 Å². The van der Waals surface area contributed by atoms with Crippen LogP contribution in [0.5, 0.6) is 0 Å². The van der Waals surface area contributed by atoms with Crippen LogP contribution in [0.25, 0.3) is 0 Å². The molecule has 0 saturated heterocycles. The molecule has 0 saturated carbocycles. The first-order chi connectivity index (χ1) is 7.24. The summed E-state index contributed by atoms with van der Waals surface area (Å²) in [6.45, 7) is 2.26. The van der Waals surface area contributed by atoms with E-state index in [9.17, 15) is 9.18 Å². The zero-order valence-corrected chi connectivity index (χ0v) is 8.51. The van der Waals surface area contributed by atoms with Gasteiger partial charge >= 0.3 is 0 Å². The van der Waals surface area contributed by atoms with Gasteiger partial charge in [0.05, 0.1) is 0 Å². The van der Waals surface area contributed by atoms with Gasteiger partial charge in [0, 0.05) is 18.5 Å². The lowest BCUT2D eigenvalue weighted by atomic mass is 10.2. The number of nitrogens with one attached hydrogen (secondary N) is 1. The second kappa shape index (κ2) is 5.82. The minimum absolute atomic E-state index is 0.201. The normalized spacial score (nSPS) is 8.93. The second-order valence-corrected chi connectivity index (χ2v) is 2.94. The van der Waals surface area contributed by atoms with Gasteiger partial charge in [-0.05, 0) is 31.2 Å². The monoisotopic (exact) mass is 205 g/mol. The summed E-state index contributed by atoms with van der Waals surface area (Å²) in [7, 11) is 0. The van der Waals surface area contributed by atoms with E-state index in [0.29, 0.717) is 18.5 Å². The van der Waals surface area contributed by atoms with Crippen LogP contribution in [0.15, 0.2) is 24.3 Å². The minimum atomic E-state index is -0.344. The lowest BCUT2D eigenvalue weighted by molar-refractivity contribution is 0.0954. The molecule has 1 rings (SSSR count). The molecule has 2 nitrogen and oxygen atoms in total. The SMILES string of the molecule is CC#CCCNC(=O)c1ccc(F)cc1. The molecule has 0 unspecified atom stereocenters. The van der Waals surface area contributed by atoms with E-state index < -0.39 is 0 Å². The van der Waals surface area contributed by atoms with Crippen LogP contribution in [0, 0.1) is 17.7 Å². The van der Waals surface area contributed by atoms with Crippen molar-refractivity contribution in [3.63, 3.8) is 0 Å². The summed E-state index contributed by atoms with van der Waals surface area (Å²) in [4.78, 5) is 11.4. The van der Waals surface area contributed by atoms with E-state index in [0.717, 1.165) is 0 Å². The predicted octanol–water partition coefficient (Wildman–Crippen LogP) is 1.97. The number of carbonyl (C=O) groups is 1. The Morgan fingerprint density at radius 3 is 2.67 bits per heavy atom. The smallest absolute Gasteiger partial charge is 0.251 e. The van der Waals surface area contributed by atoms with E-state index in [-0.39, 0.29) is 11.7 Å². The molecule has 0 heterocycles. The molecule has 1 aromatic rings. The van der Waals surface area contributed by atoms with E-state index in [1.165, 1.54) is 24.3 Å². The van der Waals surface area contributed by atoms with Gasteiger partial charge in [-0.3, -0.25) is 4.79 Å². The van der Waals surface area contributed by atoms with E-state index in [1.807, 2.05) is 0 Å². The van der Waals surface area contributed by atoms with Crippen LogP contribution in [0.2, 0.25) is 0 Å². The molecule has 1 N–H and O–H groups in total. The van der Waals surface area contributed by atoms with Crippen molar-refractivity contribution in [1.29, 1.82) is 0 Å². The van der Waals surface area contributed by atoms with Crippen LogP contribution < -0.4 is 5.32 Å². The molecule has 0 aliphatic heterocycles. The minimum Gasteiger partial charge on any atom is -0.351 e. The second-order valence-electron chi connectivity index (χ2n) is 2.94. The first-order valence-electron chi connectivity index (χ1n) is 4.67. The van der Waals surface area contributed by atoms with Gasteiger partial charge in [-0.1, -0.05) is 0 Å². The van der Waals surface area contributed by atoms with Crippen LogP contribution in [0.4, 0.5) is 4.39 Å². The number of benzene rings is 1. The van der Waals surface area contributed by atoms with Crippen molar-refractivity contribution < 1.29 is 9.18 Å². The zero-order valence-electron chi connectivity index (χ0n) is 8.51. The highest BCUT2D eigenvalue weighted by atomic mass is 19.1. The summed E-state index contributed by atoms with van der Waals surface area (Å²) in [5.41, 5.74) is 0.459. The molecule has 15 heavy (non-hydrogen) atoms. The van der Waals surface area contributed by atoms with E-state index >= 15 is 0 Å². The number of amides is 1. The molecular formula is C12H12FNO. The van der Waals surface area contributed by atoms with Gasteiger partial charge in [0.2, 0.25) is 0 Å². The van der Waals surface area contributed by atoms with E-state index in [2.05, 4.69) is 17.2 Å². The molecule has 0 aromatic heterocycles. The highest BCUT2D eigenvalue weighted by Crippen LogP contribution is 2.02. The third-order valence-corrected chi connectivity index (χ3v) is 1.82. The van der Waals surface area contributed by atoms with Crippen LogP contribution in [-0.4, -0.2) is 12.5 Å². The molecule has 0 radical (unpaired) electrons. The van der Waals surface area contributed by atoms with Crippen molar-refractivity contribution in [2.24, 2.45) is 0 Å². The van der Waals surface area contributed by atoms with E-state index in [4.69, 9.17) is 0 Å². The van der Waals surface area contributed by atoms with Crippen LogP contribution in [0.3, 0.4) is 0 Å². The van der Waals surface area contributed by atoms with Gasteiger partial charge in [-0.2, -0.15) is 0 Å². The van der Waals surface area contributed by atoms with Crippen LogP contribution >= 0.6 is 0 Å². The molecule has 3 heteroatoms. The maximum absolute atomic E-state index is 12.6. The summed E-state index contributed by atoms with van der Waals surface area (Å²) in [6.07, 6.45) is 0.628. The maximum atomic E-state index is 12.6. The Morgan fingerprint density at radius 1 is 1.40 bits per heavy atom. The first kappa shape index (κ1) is 11.3. The third-order valence-electron chi connectivity index (χ3n) is 1.82. The fraction of sp³-hybridized carbons (Fsp3) is 0.250. The number of hydrogen-bond donors (Lipinski definition) is 1. The zero-order chi connectivity index (χ0) is 11.1. The molecule has 1 aromatic carbocycles. The largest absolute Gasteiger partial charge is 0.351 e. The quantitative estimate of drug-likeness (QED) is 0.593. The molecule has 0 bridgehead atoms. The Bertz CT molecular complexity index is 386. The molecule has 0 aliphatic carbocycles. The average Bonchev–Trinajstić information content (AvgIpc) is 2.25. The molecule has 1 amide bonds. The highest BCUT2D eigenvalue weighted by molar-refractivity contribution is 5.94. The number of carbonyl (C=O) groups excluding carboxylic acids is 1. The Hall–Kier alpha value is -1.82. The summed E-state index contributed by atoms with van der Waals surface area (Å²) in [5.74, 6) is 5.03. The topological polar surface area (TPSA) is 29.1 Å². The molecule has 0 atom stereocenters. The highest BCUT2D eigenvalue weighted by Gasteiger charge is 2.03. The summed E-state index contributed by atoms with van der Waals surface area (Å²) < 4.78 is 12.6. The maximum Gasteiger partial charge on any atom is 0.251 e. The first-order valence-corrected chi connectivity index (χ1v) is 4.67. The fourth-order valence-corrected chi connectivity index (χ4v) is 1.07. The Labute approximate surface area is 88.5 Å². The Kier molecular flexibility index (Phi) is 4.36. The van der Waals surface area contributed by atoms with Crippen molar-refractivity contribution >= 4 is 5.91 Å². The predicted molar refractivity (Wildman–Crippen MR) is 56.8 cm³/mol. The van der Waals surface area contributed by atoms with Gasteiger partial charge < -0.3 is 5.32 Å². The third kappa shape index (κ3) is 3.82. The van der Waals surface area contributed by atoms with Crippen molar-refractivity contribution in [2.45, 2.75) is 13.3 Å². The molecule has 0 aliphatic rings. The van der Waals surface area contributed by atoms with Crippen LogP contribution in [-0.2, 0) is 0 Å². The molecule has 0 spiro atoms. The van der Waals surface area contributed by atoms with Gasteiger partial charge in [0.15, 0.2) is 0 Å². The van der Waals surface area contributed by atoms with Crippen LogP contribution in [0.1, 0.15) is 23.7 Å². The number of halogens is 1. The fourth-order valence-electron chi connectivity index (χ4n) is 1.07. The molecule has 0 fully saturated rings. The summed E-state index contributed by atoms with van der Waals surface area (Å²) >= 11 is 0. The van der Waals surface area contributed by atoms with Gasteiger partial charge in [0.1, 0.15) is 5.82 Å². The molecule has 78 valence electrons.